The molecule has 2 N–H and O–H groups in total. The molecule has 0 saturated heterocycles. The van der Waals surface area contributed by atoms with Crippen molar-refractivity contribution in [3.8, 4) is 0 Å². The van der Waals surface area contributed by atoms with Crippen LogP contribution in [0.15, 0.2) is 35.5 Å². The van der Waals surface area contributed by atoms with Gasteiger partial charge in [0.05, 0.1) is 0 Å². The Morgan fingerprint density at radius 3 is 2.53 bits per heavy atom. The normalized spacial score (nSPS) is 24.1. The first kappa shape index (κ1) is 12.0. The highest BCUT2D eigenvalue weighted by atomic mass is 14.5. The van der Waals surface area contributed by atoms with Crippen molar-refractivity contribution in [2.45, 2.75) is 39.5 Å². The van der Waals surface area contributed by atoms with Gasteiger partial charge in [-0.25, -0.2) is 0 Å². The molecular formula is C15H20N2. The number of nitrogens with one attached hydrogen (secondary N) is 2. The molecule has 0 saturated carbocycles. The summed E-state index contributed by atoms with van der Waals surface area (Å²) < 4.78 is 0. The van der Waals surface area contributed by atoms with Gasteiger partial charge in [0.25, 0.3) is 0 Å². The summed E-state index contributed by atoms with van der Waals surface area (Å²) in [4.78, 5) is 0. The molecule has 0 aliphatic heterocycles. The molecule has 2 nitrogen and oxygen atoms in total. The molecule has 2 aliphatic rings. The molecular weight excluding hydrogens is 208 g/mol. The molecule has 0 aromatic rings. The third-order valence-corrected chi connectivity index (χ3v) is 3.27. The van der Waals surface area contributed by atoms with Gasteiger partial charge in [-0.1, -0.05) is 32.1 Å². The van der Waals surface area contributed by atoms with Crippen LogP contribution in [0.4, 0.5) is 0 Å². The Kier molecular flexibility index (Phi) is 3.14. The summed E-state index contributed by atoms with van der Waals surface area (Å²) in [7, 11) is 0. The number of hydrogen-bond acceptors (Lipinski definition) is 2. The zero-order valence-corrected chi connectivity index (χ0v) is 10.6. The topological polar surface area (TPSA) is 47.7 Å². The van der Waals surface area contributed by atoms with Gasteiger partial charge in [-0.05, 0) is 42.7 Å². The highest BCUT2D eigenvalue weighted by Gasteiger charge is 2.27. The van der Waals surface area contributed by atoms with E-state index in [1.54, 1.807) is 0 Å². The molecule has 17 heavy (non-hydrogen) atoms. The second-order valence-electron chi connectivity index (χ2n) is 5.72. The molecule has 0 bridgehead atoms. The van der Waals surface area contributed by atoms with Crippen molar-refractivity contribution in [3.63, 3.8) is 0 Å². The minimum atomic E-state index is 0.0331. The molecule has 2 aliphatic carbocycles. The van der Waals surface area contributed by atoms with Gasteiger partial charge in [0, 0.05) is 17.0 Å². The van der Waals surface area contributed by atoms with E-state index in [0.29, 0.717) is 11.4 Å². The van der Waals surface area contributed by atoms with Gasteiger partial charge in [0.2, 0.25) is 0 Å². The predicted molar refractivity (Wildman–Crippen MR) is 73.0 cm³/mol. The summed E-state index contributed by atoms with van der Waals surface area (Å²) in [5, 5.41) is 16.2. The third kappa shape index (κ3) is 2.82. The van der Waals surface area contributed by atoms with Gasteiger partial charge in [0.15, 0.2) is 0 Å². The molecule has 2 rings (SSSR count). The summed E-state index contributed by atoms with van der Waals surface area (Å²) >= 11 is 0. The van der Waals surface area contributed by atoms with E-state index in [1.807, 2.05) is 6.08 Å². The highest BCUT2D eigenvalue weighted by Crippen LogP contribution is 2.33. The lowest BCUT2D eigenvalue weighted by molar-refractivity contribution is 0.402. The average Bonchev–Trinajstić information content (AvgIpc) is 2.34. The fourth-order valence-electron chi connectivity index (χ4n) is 2.53. The van der Waals surface area contributed by atoms with Crippen LogP contribution in [0.25, 0.3) is 0 Å². The first-order chi connectivity index (χ1) is 7.98. The molecule has 0 radical (unpaired) electrons. The number of allylic oxidation sites excluding steroid dienone is 6. The Bertz CT molecular complexity index is 448. The van der Waals surface area contributed by atoms with Gasteiger partial charge in [-0.2, -0.15) is 0 Å². The number of hydrogen-bond donors (Lipinski definition) is 2. The van der Waals surface area contributed by atoms with Crippen LogP contribution in [0.1, 0.15) is 39.5 Å². The second-order valence-corrected chi connectivity index (χ2v) is 5.72. The zero-order chi connectivity index (χ0) is 12.5. The summed E-state index contributed by atoms with van der Waals surface area (Å²) in [6, 6.07) is 0. The van der Waals surface area contributed by atoms with Crippen molar-refractivity contribution in [1.29, 1.82) is 10.8 Å². The molecule has 0 aromatic heterocycles. The maximum atomic E-state index is 8.23. The molecule has 0 amide bonds. The van der Waals surface area contributed by atoms with Gasteiger partial charge >= 0.3 is 0 Å². The van der Waals surface area contributed by atoms with Crippen LogP contribution in [0.5, 0.6) is 0 Å². The summed E-state index contributed by atoms with van der Waals surface area (Å²) in [6.45, 7) is 4.27. The van der Waals surface area contributed by atoms with Crippen LogP contribution in [0.3, 0.4) is 0 Å². The molecule has 0 unspecified atom stereocenters. The van der Waals surface area contributed by atoms with E-state index >= 15 is 0 Å². The molecule has 90 valence electrons. The minimum absolute atomic E-state index is 0.0331. The lowest BCUT2D eigenvalue weighted by atomic mass is 9.82. The minimum Gasteiger partial charge on any atom is -0.305 e. The standard InChI is InChI=1S/C15H20N2/c1-15(2)9-12(16)8-13(14(17)10-15)11-6-4-3-5-7-11/h4,6-8,16-17H,3,5,9-10H2,1-2H3. The van der Waals surface area contributed by atoms with E-state index in [9.17, 15) is 0 Å². The van der Waals surface area contributed by atoms with E-state index < -0.39 is 0 Å². The number of rotatable bonds is 1. The lowest BCUT2D eigenvalue weighted by Gasteiger charge is -2.22. The van der Waals surface area contributed by atoms with Gasteiger partial charge < -0.3 is 10.8 Å². The van der Waals surface area contributed by atoms with Crippen LogP contribution < -0.4 is 0 Å². The molecule has 0 atom stereocenters. The fourth-order valence-corrected chi connectivity index (χ4v) is 2.53. The maximum Gasteiger partial charge on any atom is 0.0398 e. The summed E-state index contributed by atoms with van der Waals surface area (Å²) in [6.07, 6.45) is 12.0. The van der Waals surface area contributed by atoms with Crippen LogP contribution >= 0.6 is 0 Å². The average molecular weight is 228 g/mol. The van der Waals surface area contributed by atoms with Crippen LogP contribution in [-0.2, 0) is 0 Å². The van der Waals surface area contributed by atoms with Crippen LogP contribution in [0, 0.1) is 16.2 Å². The predicted octanol–water partition coefficient (Wildman–Crippen LogP) is 4.05. The van der Waals surface area contributed by atoms with Gasteiger partial charge in [-0.3, -0.25) is 0 Å². The Hall–Kier alpha value is -1.44. The Morgan fingerprint density at radius 1 is 1.12 bits per heavy atom. The van der Waals surface area contributed by atoms with Crippen molar-refractivity contribution < 1.29 is 0 Å². The Labute approximate surface area is 103 Å². The van der Waals surface area contributed by atoms with Crippen molar-refractivity contribution in [2.24, 2.45) is 5.41 Å². The molecule has 0 heterocycles. The largest absolute Gasteiger partial charge is 0.305 e. The van der Waals surface area contributed by atoms with Crippen LogP contribution in [0.2, 0.25) is 0 Å². The van der Waals surface area contributed by atoms with Crippen molar-refractivity contribution in [3.05, 3.63) is 35.5 Å². The zero-order valence-electron chi connectivity index (χ0n) is 10.6. The first-order valence-corrected chi connectivity index (χ1v) is 6.22. The first-order valence-electron chi connectivity index (χ1n) is 6.22. The van der Waals surface area contributed by atoms with E-state index in [0.717, 1.165) is 36.8 Å². The van der Waals surface area contributed by atoms with Crippen molar-refractivity contribution in [1.82, 2.24) is 0 Å². The van der Waals surface area contributed by atoms with E-state index in [1.165, 1.54) is 0 Å². The SMILES string of the molecule is CC1(C)CC(=N)C=C(C2=CCCC=C2)C(=N)C1. The molecule has 0 aromatic carbocycles. The quantitative estimate of drug-likeness (QED) is 0.680. The van der Waals surface area contributed by atoms with Crippen molar-refractivity contribution >= 4 is 11.4 Å². The summed E-state index contributed by atoms with van der Waals surface area (Å²) in [5.74, 6) is 0. The second kappa shape index (κ2) is 4.44. The molecule has 0 spiro atoms. The van der Waals surface area contributed by atoms with Crippen LogP contribution in [-0.4, -0.2) is 11.4 Å². The Balaban J connectivity index is 2.33. The monoisotopic (exact) mass is 228 g/mol. The lowest BCUT2D eigenvalue weighted by Crippen LogP contribution is -2.17. The van der Waals surface area contributed by atoms with E-state index in [-0.39, 0.29) is 5.41 Å². The van der Waals surface area contributed by atoms with E-state index in [2.05, 4.69) is 32.1 Å². The maximum absolute atomic E-state index is 8.23. The van der Waals surface area contributed by atoms with Gasteiger partial charge in [0.1, 0.15) is 0 Å². The Morgan fingerprint density at radius 2 is 1.88 bits per heavy atom. The molecule has 0 fully saturated rings. The smallest absolute Gasteiger partial charge is 0.0398 e. The van der Waals surface area contributed by atoms with Crippen molar-refractivity contribution in [2.75, 3.05) is 0 Å². The highest BCUT2D eigenvalue weighted by molar-refractivity contribution is 6.10. The van der Waals surface area contributed by atoms with E-state index in [4.69, 9.17) is 10.8 Å². The third-order valence-electron chi connectivity index (χ3n) is 3.27. The van der Waals surface area contributed by atoms with Gasteiger partial charge in [-0.15, -0.1) is 0 Å². The fraction of sp³-hybridized carbons (Fsp3) is 0.467. The summed E-state index contributed by atoms with van der Waals surface area (Å²) in [5.41, 5.74) is 3.44. The molecule has 2 heteroatoms.